The van der Waals surface area contributed by atoms with E-state index in [0.717, 1.165) is 5.56 Å². The van der Waals surface area contributed by atoms with Crippen LogP contribution in [0.1, 0.15) is 12.0 Å². The number of ether oxygens (including phenoxy) is 2. The summed E-state index contributed by atoms with van der Waals surface area (Å²) in [6, 6.07) is 13.4. The number of hydrogen-bond acceptors (Lipinski definition) is 5. The zero-order chi connectivity index (χ0) is 20.4. The predicted molar refractivity (Wildman–Crippen MR) is 107 cm³/mol. The topological polar surface area (TPSA) is 93.7 Å². The second kappa shape index (κ2) is 11.0. The fourth-order valence-electron chi connectivity index (χ4n) is 2.25. The van der Waals surface area contributed by atoms with Crippen molar-refractivity contribution in [2.45, 2.75) is 17.9 Å². The average molecular weight is 427 g/mol. The smallest absolute Gasteiger partial charge is 0.240 e. The van der Waals surface area contributed by atoms with Crippen molar-refractivity contribution < 1.29 is 22.7 Å². The summed E-state index contributed by atoms with van der Waals surface area (Å²) in [6.07, 6.45) is 0.182. The first-order valence-electron chi connectivity index (χ1n) is 8.64. The number of hydrogen-bond donors (Lipinski definition) is 2. The summed E-state index contributed by atoms with van der Waals surface area (Å²) in [5, 5.41) is 3.26. The molecule has 2 aromatic rings. The van der Waals surface area contributed by atoms with Gasteiger partial charge in [-0.15, -0.1) is 0 Å². The molecule has 1 amide bonds. The maximum Gasteiger partial charge on any atom is 0.240 e. The molecule has 0 aliphatic heterocycles. The van der Waals surface area contributed by atoms with Crippen LogP contribution in [0.25, 0.3) is 0 Å². The summed E-state index contributed by atoms with van der Waals surface area (Å²) in [7, 11) is -2.07. The molecule has 9 heteroatoms. The van der Waals surface area contributed by atoms with Crippen molar-refractivity contribution in [1.82, 2.24) is 10.0 Å². The molecule has 0 aromatic heterocycles. The molecule has 2 N–H and O–H groups in total. The average Bonchev–Trinajstić information content (AvgIpc) is 2.68. The summed E-state index contributed by atoms with van der Waals surface area (Å²) in [5.41, 5.74) is 0.788. The van der Waals surface area contributed by atoms with Gasteiger partial charge in [0.2, 0.25) is 15.9 Å². The van der Waals surface area contributed by atoms with Gasteiger partial charge in [-0.25, -0.2) is 13.1 Å². The largest absolute Gasteiger partial charge is 0.491 e. The van der Waals surface area contributed by atoms with Gasteiger partial charge in [0.25, 0.3) is 0 Å². The van der Waals surface area contributed by atoms with Crippen LogP contribution in [0.5, 0.6) is 5.75 Å². The number of rotatable bonds is 11. The van der Waals surface area contributed by atoms with Crippen molar-refractivity contribution in [3.05, 3.63) is 59.1 Å². The molecule has 28 heavy (non-hydrogen) atoms. The number of sulfonamides is 1. The van der Waals surface area contributed by atoms with Gasteiger partial charge in [0.05, 0.1) is 29.6 Å². The van der Waals surface area contributed by atoms with Gasteiger partial charge in [0.1, 0.15) is 5.75 Å². The number of nitrogens with one attached hydrogen (secondary N) is 2. The Hall–Kier alpha value is -2.13. The summed E-state index contributed by atoms with van der Waals surface area (Å²) in [5.74, 6) is 0.359. The zero-order valence-corrected chi connectivity index (χ0v) is 17.1. The Morgan fingerprint density at radius 3 is 2.46 bits per heavy atom. The second-order valence-corrected chi connectivity index (χ2v) is 8.01. The quantitative estimate of drug-likeness (QED) is 0.538. The first kappa shape index (κ1) is 22.2. The summed E-state index contributed by atoms with van der Waals surface area (Å²) in [4.78, 5) is 12.1. The van der Waals surface area contributed by atoms with Crippen LogP contribution in [-0.2, 0) is 26.1 Å². The molecule has 0 saturated heterocycles. The molecule has 0 atom stereocenters. The molecule has 2 aromatic carbocycles. The van der Waals surface area contributed by atoms with E-state index in [1.165, 1.54) is 19.2 Å². The highest BCUT2D eigenvalue weighted by molar-refractivity contribution is 7.89. The highest BCUT2D eigenvalue weighted by Gasteiger charge is 2.13. The van der Waals surface area contributed by atoms with Crippen LogP contribution in [0.15, 0.2) is 53.4 Å². The molecule has 0 heterocycles. The highest BCUT2D eigenvalue weighted by atomic mass is 35.5. The molecule has 0 aliphatic carbocycles. The minimum Gasteiger partial charge on any atom is -0.491 e. The van der Waals surface area contributed by atoms with Crippen molar-refractivity contribution >= 4 is 27.5 Å². The van der Waals surface area contributed by atoms with E-state index in [-0.39, 0.29) is 30.4 Å². The van der Waals surface area contributed by atoms with Crippen LogP contribution in [0, 0.1) is 0 Å². The number of carbonyl (C=O) groups excluding carboxylic acids is 1. The number of amides is 1. The van der Waals surface area contributed by atoms with Crippen molar-refractivity contribution in [3.63, 3.8) is 0 Å². The van der Waals surface area contributed by atoms with Gasteiger partial charge < -0.3 is 14.8 Å². The van der Waals surface area contributed by atoms with Gasteiger partial charge in [-0.1, -0.05) is 35.9 Å². The molecule has 0 spiro atoms. The lowest BCUT2D eigenvalue weighted by atomic mass is 10.2. The van der Waals surface area contributed by atoms with Crippen LogP contribution in [-0.4, -0.2) is 41.2 Å². The number of carbonyl (C=O) groups is 1. The summed E-state index contributed by atoms with van der Waals surface area (Å²) < 4.78 is 36.9. The zero-order valence-electron chi connectivity index (χ0n) is 15.5. The van der Waals surface area contributed by atoms with Crippen LogP contribution >= 0.6 is 11.6 Å². The maximum atomic E-state index is 12.1. The van der Waals surface area contributed by atoms with Gasteiger partial charge in [0, 0.05) is 20.2 Å². The predicted octanol–water partition coefficient (Wildman–Crippen LogP) is 2.35. The van der Waals surface area contributed by atoms with Gasteiger partial charge in [0.15, 0.2) is 0 Å². The van der Waals surface area contributed by atoms with Gasteiger partial charge in [-0.2, -0.15) is 0 Å². The Balaban J connectivity index is 1.76. The Kier molecular flexibility index (Phi) is 8.72. The van der Waals surface area contributed by atoms with Crippen molar-refractivity contribution in [1.29, 1.82) is 0 Å². The molecule has 2 rings (SSSR count). The van der Waals surface area contributed by atoms with Gasteiger partial charge >= 0.3 is 0 Å². The maximum absolute atomic E-state index is 12.1. The molecule has 0 unspecified atom stereocenters. The van der Waals surface area contributed by atoms with Crippen molar-refractivity contribution in [2.24, 2.45) is 0 Å². The molecule has 0 fully saturated rings. The molecule has 0 aliphatic rings. The normalized spacial score (nSPS) is 11.2. The summed E-state index contributed by atoms with van der Waals surface area (Å²) >= 11 is 5.98. The Morgan fingerprint density at radius 2 is 1.79 bits per heavy atom. The molecular formula is C19H23ClN2O5S. The van der Waals surface area contributed by atoms with E-state index in [2.05, 4.69) is 10.0 Å². The first-order valence-corrected chi connectivity index (χ1v) is 10.5. The van der Waals surface area contributed by atoms with E-state index < -0.39 is 10.0 Å². The second-order valence-electron chi connectivity index (χ2n) is 5.84. The van der Waals surface area contributed by atoms with Gasteiger partial charge in [-0.05, 0) is 29.8 Å². The number of methoxy groups -OCH3 is 1. The van der Waals surface area contributed by atoms with E-state index in [1.807, 2.05) is 0 Å². The van der Waals surface area contributed by atoms with Crippen LogP contribution in [0.4, 0.5) is 0 Å². The van der Waals surface area contributed by atoms with E-state index in [9.17, 15) is 13.2 Å². The third-order valence-electron chi connectivity index (χ3n) is 3.74. The molecule has 0 bridgehead atoms. The van der Waals surface area contributed by atoms with E-state index in [4.69, 9.17) is 21.1 Å². The number of para-hydroxylation sites is 1. The highest BCUT2D eigenvalue weighted by Crippen LogP contribution is 2.23. The fraction of sp³-hybridized carbons (Fsp3) is 0.316. The summed E-state index contributed by atoms with van der Waals surface area (Å²) in [6.45, 7) is 0.999. The van der Waals surface area contributed by atoms with Crippen molar-refractivity contribution in [2.75, 3.05) is 26.9 Å². The van der Waals surface area contributed by atoms with E-state index in [1.54, 1.807) is 36.4 Å². The molecule has 7 nitrogen and oxygen atoms in total. The minimum absolute atomic E-state index is 0.159. The molecule has 152 valence electrons. The fourth-order valence-corrected chi connectivity index (χ4v) is 3.46. The van der Waals surface area contributed by atoms with Crippen LogP contribution < -0.4 is 14.8 Å². The monoisotopic (exact) mass is 426 g/mol. The van der Waals surface area contributed by atoms with Crippen molar-refractivity contribution in [3.8, 4) is 5.75 Å². The number of benzene rings is 2. The minimum atomic E-state index is -3.57. The first-order chi connectivity index (χ1) is 13.4. The van der Waals surface area contributed by atoms with E-state index >= 15 is 0 Å². The third-order valence-corrected chi connectivity index (χ3v) is 5.53. The van der Waals surface area contributed by atoms with Crippen LogP contribution in [0.3, 0.4) is 0 Å². The standard InChI is InChI=1S/C19H23ClN2O5S/c1-26-13-11-22-28(24,25)16-8-6-15(7-9-16)14-21-19(23)10-12-27-18-5-3-2-4-17(18)20/h2-9,22H,10-14H2,1H3,(H,21,23). The third kappa shape index (κ3) is 7.12. The molecular weight excluding hydrogens is 404 g/mol. The lowest BCUT2D eigenvalue weighted by Crippen LogP contribution is -2.27. The Morgan fingerprint density at radius 1 is 1.07 bits per heavy atom. The van der Waals surface area contributed by atoms with Crippen LogP contribution in [0.2, 0.25) is 5.02 Å². The SMILES string of the molecule is COCCNS(=O)(=O)c1ccc(CNC(=O)CCOc2ccccc2Cl)cc1. The molecule has 0 saturated carbocycles. The molecule has 0 radical (unpaired) electrons. The lowest BCUT2D eigenvalue weighted by Gasteiger charge is -2.09. The van der Waals surface area contributed by atoms with Gasteiger partial charge in [-0.3, -0.25) is 4.79 Å². The number of halogens is 1. The Bertz CT molecular complexity index is 872. The lowest BCUT2D eigenvalue weighted by molar-refractivity contribution is -0.121. The Labute approximate surface area is 170 Å². The van der Waals surface area contributed by atoms with E-state index in [0.29, 0.717) is 23.9 Å².